The van der Waals surface area contributed by atoms with Gasteiger partial charge in [-0.1, -0.05) is 27.5 Å². The third-order valence-electron chi connectivity index (χ3n) is 3.49. The van der Waals surface area contributed by atoms with E-state index in [2.05, 4.69) is 15.9 Å². The van der Waals surface area contributed by atoms with Crippen LogP contribution >= 0.6 is 27.5 Å². The minimum absolute atomic E-state index is 0.0532. The highest BCUT2D eigenvalue weighted by Gasteiger charge is 2.26. The molecule has 0 spiro atoms. The van der Waals surface area contributed by atoms with Crippen molar-refractivity contribution >= 4 is 39.2 Å². The summed E-state index contributed by atoms with van der Waals surface area (Å²) in [5.41, 5.74) is 0.568. The Kier molecular flexibility index (Phi) is 4.63. The van der Waals surface area contributed by atoms with Crippen LogP contribution in [0.25, 0.3) is 0 Å². The number of carbonyl (C=O) groups is 2. The average molecular weight is 345 g/mol. The Bertz CT molecular complexity index is 488. The summed E-state index contributed by atoms with van der Waals surface area (Å²) >= 11 is 9.29. The number of amides is 1. The first-order valence-corrected chi connectivity index (χ1v) is 7.39. The predicted molar refractivity (Wildman–Crippen MR) is 78.5 cm³/mol. The number of hydrogen-bond donors (Lipinski definition) is 0. The van der Waals surface area contributed by atoms with Crippen molar-refractivity contribution in [2.45, 2.75) is 31.7 Å². The van der Waals surface area contributed by atoms with Crippen LogP contribution in [0.3, 0.4) is 0 Å². The summed E-state index contributed by atoms with van der Waals surface area (Å²) in [6, 6.07) is 5.32. The van der Waals surface area contributed by atoms with Gasteiger partial charge in [-0.15, -0.1) is 0 Å². The zero-order valence-corrected chi connectivity index (χ0v) is 13.0. The van der Waals surface area contributed by atoms with Gasteiger partial charge in [-0.2, -0.15) is 0 Å². The van der Waals surface area contributed by atoms with Crippen molar-refractivity contribution in [3.05, 3.63) is 33.3 Å². The Morgan fingerprint density at radius 2 is 1.95 bits per heavy atom. The number of hydrogen-bond acceptors (Lipinski definition) is 2. The van der Waals surface area contributed by atoms with Crippen molar-refractivity contribution in [1.29, 1.82) is 0 Å². The number of rotatable bonds is 2. The molecular weight excluding hydrogens is 330 g/mol. The fourth-order valence-corrected chi connectivity index (χ4v) is 3.22. The first-order chi connectivity index (χ1) is 8.97. The van der Waals surface area contributed by atoms with Crippen LogP contribution in [-0.2, 0) is 4.79 Å². The van der Waals surface area contributed by atoms with E-state index in [0.717, 1.165) is 17.3 Å². The molecular formula is C14H15BrClNO2. The molecule has 0 aliphatic heterocycles. The molecule has 5 heteroatoms. The Morgan fingerprint density at radius 3 is 2.53 bits per heavy atom. The molecule has 1 aromatic rings. The molecule has 1 aliphatic carbocycles. The average Bonchev–Trinajstić information content (AvgIpc) is 2.37. The Hall–Kier alpha value is -0.870. The summed E-state index contributed by atoms with van der Waals surface area (Å²) < 4.78 is 0.788. The molecule has 19 heavy (non-hydrogen) atoms. The normalized spacial score (nSPS) is 16.5. The minimum atomic E-state index is -0.0532. The standard InChI is InChI=1S/C14H15BrClNO2/c1-17(12-2-4-13(18)5-3-12)14(19)9-6-10(15)8-11(16)7-9/h6-8,12H,2-5H2,1H3. The molecule has 3 nitrogen and oxygen atoms in total. The lowest BCUT2D eigenvalue weighted by Crippen LogP contribution is -2.39. The van der Waals surface area contributed by atoms with Gasteiger partial charge in [0.1, 0.15) is 5.78 Å². The number of ketones is 1. The second kappa shape index (κ2) is 6.06. The predicted octanol–water partition coefficient (Wildman–Crippen LogP) is 3.69. The lowest BCUT2D eigenvalue weighted by atomic mass is 9.93. The molecule has 0 atom stereocenters. The van der Waals surface area contributed by atoms with E-state index >= 15 is 0 Å². The van der Waals surface area contributed by atoms with Crippen molar-refractivity contribution in [1.82, 2.24) is 4.90 Å². The maximum absolute atomic E-state index is 12.4. The van der Waals surface area contributed by atoms with Gasteiger partial charge in [-0.25, -0.2) is 0 Å². The molecule has 1 saturated carbocycles. The van der Waals surface area contributed by atoms with Crippen LogP contribution in [0.2, 0.25) is 5.02 Å². The van der Waals surface area contributed by atoms with Gasteiger partial charge < -0.3 is 4.90 Å². The third-order valence-corrected chi connectivity index (χ3v) is 4.17. The highest BCUT2D eigenvalue weighted by atomic mass is 79.9. The SMILES string of the molecule is CN(C(=O)c1cc(Cl)cc(Br)c1)C1CCC(=O)CC1. The van der Waals surface area contributed by atoms with E-state index in [1.807, 2.05) is 0 Å². The molecule has 0 radical (unpaired) electrons. The maximum atomic E-state index is 12.4. The van der Waals surface area contributed by atoms with Crippen LogP contribution in [0.5, 0.6) is 0 Å². The quantitative estimate of drug-likeness (QED) is 0.820. The zero-order valence-electron chi connectivity index (χ0n) is 10.7. The Labute approximate surface area is 126 Å². The van der Waals surface area contributed by atoms with E-state index in [4.69, 9.17) is 11.6 Å². The lowest BCUT2D eigenvalue weighted by Gasteiger charge is -2.30. The van der Waals surface area contributed by atoms with Crippen molar-refractivity contribution in [2.24, 2.45) is 0 Å². The van der Waals surface area contributed by atoms with Gasteiger partial charge in [0.15, 0.2) is 0 Å². The number of Topliss-reactive ketones (excluding diaryl/α,β-unsaturated/α-hetero) is 1. The number of halogens is 2. The van der Waals surface area contributed by atoms with Crippen LogP contribution in [0.1, 0.15) is 36.0 Å². The molecule has 0 unspecified atom stereocenters. The molecule has 2 rings (SSSR count). The molecule has 0 aromatic heterocycles. The maximum Gasteiger partial charge on any atom is 0.253 e. The molecule has 0 heterocycles. The van der Waals surface area contributed by atoms with E-state index in [-0.39, 0.29) is 11.9 Å². The second-order valence-corrected chi connectivity index (χ2v) is 6.20. The fraction of sp³-hybridized carbons (Fsp3) is 0.429. The lowest BCUT2D eigenvalue weighted by molar-refractivity contribution is -0.121. The largest absolute Gasteiger partial charge is 0.339 e. The number of benzene rings is 1. The van der Waals surface area contributed by atoms with Crippen LogP contribution in [0, 0.1) is 0 Å². The molecule has 0 bridgehead atoms. The van der Waals surface area contributed by atoms with Crippen molar-refractivity contribution in [2.75, 3.05) is 7.05 Å². The van der Waals surface area contributed by atoms with E-state index in [1.54, 1.807) is 30.1 Å². The van der Waals surface area contributed by atoms with Crippen LogP contribution < -0.4 is 0 Å². The number of nitrogens with zero attached hydrogens (tertiary/aromatic N) is 1. The molecule has 1 fully saturated rings. The molecule has 0 N–H and O–H groups in total. The van der Waals surface area contributed by atoms with Crippen LogP contribution in [0.4, 0.5) is 0 Å². The van der Waals surface area contributed by atoms with E-state index in [1.165, 1.54) is 0 Å². The van der Waals surface area contributed by atoms with Gasteiger partial charge in [0.2, 0.25) is 0 Å². The summed E-state index contributed by atoms with van der Waals surface area (Å²) in [7, 11) is 1.79. The first-order valence-electron chi connectivity index (χ1n) is 6.22. The van der Waals surface area contributed by atoms with E-state index in [9.17, 15) is 9.59 Å². The third kappa shape index (κ3) is 3.57. The minimum Gasteiger partial charge on any atom is -0.339 e. The summed E-state index contributed by atoms with van der Waals surface area (Å²) in [5.74, 6) is 0.241. The first kappa shape index (κ1) is 14.5. The summed E-state index contributed by atoms with van der Waals surface area (Å²) in [4.78, 5) is 25.4. The molecule has 0 saturated heterocycles. The van der Waals surface area contributed by atoms with Gasteiger partial charge in [-0.3, -0.25) is 9.59 Å². The smallest absolute Gasteiger partial charge is 0.253 e. The monoisotopic (exact) mass is 343 g/mol. The molecule has 102 valence electrons. The molecule has 1 aromatic carbocycles. The van der Waals surface area contributed by atoms with Gasteiger partial charge >= 0.3 is 0 Å². The van der Waals surface area contributed by atoms with Gasteiger partial charge in [0.25, 0.3) is 5.91 Å². The fourth-order valence-electron chi connectivity index (χ4n) is 2.36. The van der Waals surface area contributed by atoms with Crippen LogP contribution in [0.15, 0.2) is 22.7 Å². The van der Waals surface area contributed by atoms with E-state index in [0.29, 0.717) is 29.2 Å². The van der Waals surface area contributed by atoms with Crippen molar-refractivity contribution in [3.8, 4) is 0 Å². The topological polar surface area (TPSA) is 37.4 Å². The Morgan fingerprint density at radius 1 is 1.32 bits per heavy atom. The summed E-state index contributed by atoms with van der Waals surface area (Å²) in [5, 5.41) is 0.532. The summed E-state index contributed by atoms with van der Waals surface area (Å²) in [6.45, 7) is 0. The van der Waals surface area contributed by atoms with Crippen LogP contribution in [-0.4, -0.2) is 29.7 Å². The highest BCUT2D eigenvalue weighted by Crippen LogP contribution is 2.24. The van der Waals surface area contributed by atoms with Gasteiger partial charge in [0.05, 0.1) is 0 Å². The second-order valence-electron chi connectivity index (χ2n) is 4.84. The van der Waals surface area contributed by atoms with Crippen molar-refractivity contribution < 1.29 is 9.59 Å². The Balaban J connectivity index is 2.12. The van der Waals surface area contributed by atoms with Crippen molar-refractivity contribution in [3.63, 3.8) is 0 Å². The van der Waals surface area contributed by atoms with E-state index < -0.39 is 0 Å². The van der Waals surface area contributed by atoms with Gasteiger partial charge in [0, 0.05) is 41.0 Å². The molecule has 1 amide bonds. The number of carbonyl (C=O) groups excluding carboxylic acids is 2. The highest BCUT2D eigenvalue weighted by molar-refractivity contribution is 9.10. The zero-order chi connectivity index (χ0) is 14.0. The molecule has 1 aliphatic rings. The summed E-state index contributed by atoms with van der Waals surface area (Å²) in [6.07, 6.45) is 2.65. The van der Waals surface area contributed by atoms with Gasteiger partial charge in [-0.05, 0) is 31.0 Å².